The minimum Gasteiger partial charge on any atom is -0.456 e. The summed E-state index contributed by atoms with van der Waals surface area (Å²) in [5.74, 6) is -0.623. The minimum absolute atomic E-state index is 0.312. The van der Waals surface area contributed by atoms with Crippen molar-refractivity contribution in [2.45, 2.75) is 89.3 Å². The van der Waals surface area contributed by atoms with Gasteiger partial charge in [0.2, 0.25) is 0 Å². The third-order valence-electron chi connectivity index (χ3n) is 5.86. The van der Waals surface area contributed by atoms with Crippen LogP contribution in [0.25, 0.3) is 0 Å². The predicted molar refractivity (Wildman–Crippen MR) is 100 cm³/mol. The first-order valence-electron chi connectivity index (χ1n) is 9.96. The van der Waals surface area contributed by atoms with Gasteiger partial charge in [0.1, 0.15) is 11.2 Å². The molecule has 0 bridgehead atoms. The van der Waals surface area contributed by atoms with Gasteiger partial charge in [0.05, 0.1) is 11.1 Å². The van der Waals surface area contributed by atoms with Gasteiger partial charge in [0, 0.05) is 0 Å². The van der Waals surface area contributed by atoms with Crippen molar-refractivity contribution >= 4 is 11.9 Å². The number of benzene rings is 1. The lowest BCUT2D eigenvalue weighted by molar-refractivity contribution is -0.0283. The summed E-state index contributed by atoms with van der Waals surface area (Å²) < 4.78 is 11.5. The lowest BCUT2D eigenvalue weighted by atomic mass is 9.86. The molecule has 0 heterocycles. The largest absolute Gasteiger partial charge is 0.456 e. The van der Waals surface area contributed by atoms with Crippen molar-refractivity contribution in [3.05, 3.63) is 35.4 Å². The maximum Gasteiger partial charge on any atom is 0.338 e. The molecule has 26 heavy (non-hydrogen) atoms. The summed E-state index contributed by atoms with van der Waals surface area (Å²) in [6.45, 7) is 4.03. The van der Waals surface area contributed by atoms with E-state index in [2.05, 4.69) is 0 Å². The molecule has 0 amide bonds. The van der Waals surface area contributed by atoms with E-state index < -0.39 is 0 Å². The molecule has 4 nitrogen and oxygen atoms in total. The van der Waals surface area contributed by atoms with Gasteiger partial charge in [-0.1, -0.05) is 12.8 Å². The van der Waals surface area contributed by atoms with Crippen molar-refractivity contribution in [3.8, 4) is 0 Å². The molecule has 2 saturated carbocycles. The summed E-state index contributed by atoms with van der Waals surface area (Å²) in [6.07, 6.45) is 10.5. The molecule has 3 rings (SSSR count). The summed E-state index contributed by atoms with van der Waals surface area (Å²) in [5.41, 5.74) is 0.250. The Kier molecular flexibility index (Phi) is 5.69. The van der Waals surface area contributed by atoms with Gasteiger partial charge >= 0.3 is 11.9 Å². The molecule has 0 N–H and O–H groups in total. The number of hydrogen-bond acceptors (Lipinski definition) is 4. The highest BCUT2D eigenvalue weighted by atomic mass is 16.6. The van der Waals surface area contributed by atoms with E-state index in [0.717, 1.165) is 51.4 Å². The van der Waals surface area contributed by atoms with Crippen LogP contribution in [0.3, 0.4) is 0 Å². The Morgan fingerprint density at radius 2 is 0.962 bits per heavy atom. The van der Waals surface area contributed by atoms with Crippen LogP contribution < -0.4 is 0 Å². The van der Waals surface area contributed by atoms with E-state index in [1.807, 2.05) is 13.8 Å². The molecule has 1 aromatic carbocycles. The number of carbonyl (C=O) groups is 2. The molecule has 4 heteroatoms. The summed E-state index contributed by atoms with van der Waals surface area (Å²) in [4.78, 5) is 24.9. The fourth-order valence-corrected chi connectivity index (χ4v) is 4.11. The molecule has 2 aliphatic rings. The van der Waals surface area contributed by atoms with Crippen molar-refractivity contribution in [2.75, 3.05) is 0 Å². The lowest BCUT2D eigenvalue weighted by Crippen LogP contribution is -2.34. The molecular formula is C22H30O4. The number of rotatable bonds is 4. The van der Waals surface area contributed by atoms with Gasteiger partial charge in [-0.05, 0) is 89.5 Å². The Labute approximate surface area is 156 Å². The van der Waals surface area contributed by atoms with Crippen molar-refractivity contribution < 1.29 is 19.1 Å². The molecule has 0 saturated heterocycles. The molecule has 1 aromatic rings. The molecule has 2 fully saturated rings. The fourth-order valence-electron chi connectivity index (χ4n) is 4.11. The monoisotopic (exact) mass is 358 g/mol. The van der Waals surface area contributed by atoms with Crippen molar-refractivity contribution in [1.82, 2.24) is 0 Å². The number of hydrogen-bond donors (Lipinski definition) is 0. The van der Waals surface area contributed by atoms with Crippen molar-refractivity contribution in [1.29, 1.82) is 0 Å². The summed E-state index contributed by atoms with van der Waals surface area (Å²) in [5, 5.41) is 0. The van der Waals surface area contributed by atoms with Crippen LogP contribution in [0.15, 0.2) is 24.3 Å². The second kappa shape index (κ2) is 7.81. The quantitative estimate of drug-likeness (QED) is 0.672. The van der Waals surface area contributed by atoms with E-state index in [0.29, 0.717) is 11.1 Å². The first-order chi connectivity index (χ1) is 12.4. The van der Waals surface area contributed by atoms with Gasteiger partial charge < -0.3 is 9.47 Å². The van der Waals surface area contributed by atoms with Crippen LogP contribution >= 0.6 is 0 Å². The second-order valence-electron chi connectivity index (χ2n) is 8.38. The molecule has 0 aromatic heterocycles. The van der Waals surface area contributed by atoms with Crippen molar-refractivity contribution in [2.24, 2.45) is 0 Å². The Morgan fingerprint density at radius 1 is 0.654 bits per heavy atom. The molecular weight excluding hydrogens is 328 g/mol. The Hall–Kier alpha value is -1.84. The van der Waals surface area contributed by atoms with Crippen LogP contribution in [-0.2, 0) is 9.47 Å². The van der Waals surface area contributed by atoms with Gasteiger partial charge in [-0.2, -0.15) is 0 Å². The molecule has 0 aliphatic heterocycles. The number of ether oxygens (including phenoxy) is 2. The van der Waals surface area contributed by atoms with E-state index in [1.54, 1.807) is 24.3 Å². The zero-order valence-electron chi connectivity index (χ0n) is 16.0. The van der Waals surface area contributed by atoms with E-state index in [4.69, 9.17) is 9.47 Å². The molecule has 0 unspecified atom stereocenters. The second-order valence-corrected chi connectivity index (χ2v) is 8.38. The van der Waals surface area contributed by atoms with Crippen LogP contribution in [-0.4, -0.2) is 23.1 Å². The zero-order valence-corrected chi connectivity index (χ0v) is 16.0. The van der Waals surface area contributed by atoms with Crippen LogP contribution in [0.1, 0.15) is 98.8 Å². The van der Waals surface area contributed by atoms with E-state index in [9.17, 15) is 9.59 Å². The van der Waals surface area contributed by atoms with Crippen LogP contribution in [0.4, 0.5) is 0 Å². The zero-order chi connectivity index (χ0) is 18.6. The van der Waals surface area contributed by atoms with Crippen LogP contribution in [0.2, 0.25) is 0 Å². The van der Waals surface area contributed by atoms with Gasteiger partial charge in [0.15, 0.2) is 0 Å². The normalized spacial score (nSPS) is 21.6. The maximum atomic E-state index is 12.4. The van der Waals surface area contributed by atoms with Crippen LogP contribution in [0, 0.1) is 0 Å². The number of carbonyl (C=O) groups excluding carboxylic acids is 2. The molecule has 0 radical (unpaired) electrons. The third-order valence-corrected chi connectivity index (χ3v) is 5.86. The summed E-state index contributed by atoms with van der Waals surface area (Å²) in [6, 6.07) is 6.64. The average Bonchev–Trinajstić information content (AvgIpc) is 2.62. The summed E-state index contributed by atoms with van der Waals surface area (Å²) in [7, 11) is 0. The van der Waals surface area contributed by atoms with Gasteiger partial charge in [0.25, 0.3) is 0 Å². The maximum absolute atomic E-state index is 12.4. The Morgan fingerprint density at radius 3 is 1.27 bits per heavy atom. The first kappa shape index (κ1) is 18.9. The van der Waals surface area contributed by atoms with Crippen LogP contribution in [0.5, 0.6) is 0 Å². The van der Waals surface area contributed by atoms with Gasteiger partial charge in [-0.3, -0.25) is 0 Å². The Bertz CT molecular complexity index is 578. The smallest absolute Gasteiger partial charge is 0.338 e. The highest BCUT2D eigenvalue weighted by Crippen LogP contribution is 2.33. The molecule has 0 atom stereocenters. The predicted octanol–water partition coefficient (Wildman–Crippen LogP) is 5.45. The fraction of sp³-hybridized carbons (Fsp3) is 0.636. The van der Waals surface area contributed by atoms with Gasteiger partial charge in [-0.25, -0.2) is 9.59 Å². The lowest BCUT2D eigenvalue weighted by Gasteiger charge is -2.33. The standard InChI is InChI=1S/C22H30O4/c1-21(13-5-3-6-14-21)25-19(23)17-9-11-18(12-10-17)20(24)26-22(2)15-7-4-8-16-22/h9-12H,3-8,13-16H2,1-2H3. The van der Waals surface area contributed by atoms with E-state index >= 15 is 0 Å². The Balaban J connectivity index is 1.60. The molecule has 2 aliphatic carbocycles. The van der Waals surface area contributed by atoms with Gasteiger partial charge in [-0.15, -0.1) is 0 Å². The van der Waals surface area contributed by atoms with Crippen molar-refractivity contribution in [3.63, 3.8) is 0 Å². The third kappa shape index (κ3) is 4.66. The molecule has 142 valence electrons. The SMILES string of the molecule is CC1(OC(=O)c2ccc(C(=O)OC3(C)CCCCC3)cc2)CCCCC1. The highest BCUT2D eigenvalue weighted by molar-refractivity contribution is 5.93. The average molecular weight is 358 g/mol. The summed E-state index contributed by atoms with van der Waals surface area (Å²) >= 11 is 0. The van der Waals surface area contributed by atoms with E-state index in [1.165, 1.54) is 12.8 Å². The minimum atomic E-state index is -0.359. The first-order valence-corrected chi connectivity index (χ1v) is 9.96. The number of esters is 2. The van der Waals surface area contributed by atoms with E-state index in [-0.39, 0.29) is 23.1 Å². The molecule has 0 spiro atoms. The highest BCUT2D eigenvalue weighted by Gasteiger charge is 2.32. The topological polar surface area (TPSA) is 52.6 Å².